The number of hydrogen-bond acceptors (Lipinski definition) is 2. The van der Waals surface area contributed by atoms with E-state index in [1.54, 1.807) is 0 Å². The number of benzene rings is 1. The Morgan fingerprint density at radius 1 is 1.33 bits per heavy atom. The smallest absolute Gasteiger partial charge is 0.223 e. The lowest BCUT2D eigenvalue weighted by molar-refractivity contribution is -0.129. The summed E-state index contributed by atoms with van der Waals surface area (Å²) in [5.41, 5.74) is 7.08. The van der Waals surface area contributed by atoms with E-state index in [4.69, 9.17) is 17.3 Å². The maximum atomic E-state index is 12.7. The van der Waals surface area contributed by atoms with E-state index in [0.717, 1.165) is 18.4 Å². The van der Waals surface area contributed by atoms with Crippen molar-refractivity contribution in [2.45, 2.75) is 46.1 Å². The molecule has 1 amide bonds. The predicted molar refractivity (Wildman–Crippen MR) is 103 cm³/mol. The molecule has 1 aromatic rings. The highest BCUT2D eigenvalue weighted by molar-refractivity contribution is 6.31. The molecule has 24 heavy (non-hydrogen) atoms. The van der Waals surface area contributed by atoms with Crippen LogP contribution in [0, 0.1) is 23.7 Å². The van der Waals surface area contributed by atoms with E-state index in [0.29, 0.717) is 29.3 Å². The number of carbonyl (C=O) groups excluding carboxylic acids is 1. The Morgan fingerprint density at radius 3 is 2.62 bits per heavy atom. The molecular formula is C19H30Cl2N2O. The van der Waals surface area contributed by atoms with Crippen LogP contribution in [0.1, 0.15) is 51.6 Å². The number of rotatable bonds is 5. The highest BCUT2D eigenvalue weighted by Crippen LogP contribution is 2.38. The summed E-state index contributed by atoms with van der Waals surface area (Å²) < 4.78 is 0. The van der Waals surface area contributed by atoms with Gasteiger partial charge in [-0.25, -0.2) is 0 Å². The van der Waals surface area contributed by atoms with Gasteiger partial charge in [0.05, 0.1) is 0 Å². The first-order chi connectivity index (χ1) is 10.9. The number of halogens is 2. The first kappa shape index (κ1) is 21.3. The average molecular weight is 373 g/mol. The van der Waals surface area contributed by atoms with Crippen LogP contribution in [0.2, 0.25) is 5.02 Å². The van der Waals surface area contributed by atoms with Gasteiger partial charge in [-0.3, -0.25) is 4.79 Å². The molecule has 0 aliphatic heterocycles. The minimum absolute atomic E-state index is 0. The third kappa shape index (κ3) is 5.37. The quantitative estimate of drug-likeness (QED) is 0.793. The van der Waals surface area contributed by atoms with Crippen LogP contribution in [-0.4, -0.2) is 12.5 Å². The first-order valence-corrected chi connectivity index (χ1v) is 9.05. The lowest BCUT2D eigenvalue weighted by atomic mass is 9.70. The maximum Gasteiger partial charge on any atom is 0.223 e. The van der Waals surface area contributed by atoms with Gasteiger partial charge in [0.1, 0.15) is 0 Å². The van der Waals surface area contributed by atoms with Crippen molar-refractivity contribution < 1.29 is 4.79 Å². The topological polar surface area (TPSA) is 55.1 Å². The Bertz CT molecular complexity index is 536. The van der Waals surface area contributed by atoms with Gasteiger partial charge in [0, 0.05) is 23.5 Å². The summed E-state index contributed by atoms with van der Waals surface area (Å²) >= 11 is 6.17. The third-order valence-corrected chi connectivity index (χ3v) is 5.50. The van der Waals surface area contributed by atoms with E-state index < -0.39 is 0 Å². The van der Waals surface area contributed by atoms with Gasteiger partial charge in [0.2, 0.25) is 5.91 Å². The zero-order valence-corrected chi connectivity index (χ0v) is 16.4. The Labute approximate surface area is 157 Å². The minimum Gasteiger partial charge on any atom is -0.354 e. The Morgan fingerprint density at radius 2 is 2.00 bits per heavy atom. The van der Waals surface area contributed by atoms with Gasteiger partial charge in [-0.1, -0.05) is 57.0 Å². The zero-order valence-electron chi connectivity index (χ0n) is 14.8. The molecule has 3 N–H and O–H groups in total. The largest absolute Gasteiger partial charge is 0.354 e. The van der Waals surface area contributed by atoms with Crippen LogP contribution in [0.4, 0.5) is 0 Å². The molecule has 3 nitrogen and oxygen atoms in total. The van der Waals surface area contributed by atoms with E-state index in [9.17, 15) is 4.79 Å². The van der Waals surface area contributed by atoms with Crippen molar-refractivity contribution >= 4 is 29.9 Å². The highest BCUT2D eigenvalue weighted by Gasteiger charge is 2.35. The normalized spacial score (nSPS) is 25.0. The second-order valence-electron chi connectivity index (χ2n) is 7.31. The van der Waals surface area contributed by atoms with E-state index in [1.807, 2.05) is 24.3 Å². The van der Waals surface area contributed by atoms with E-state index in [2.05, 4.69) is 26.1 Å². The summed E-state index contributed by atoms with van der Waals surface area (Å²) in [4.78, 5) is 12.7. The Hall–Kier alpha value is -0.770. The molecule has 0 aromatic heterocycles. The molecule has 1 saturated carbocycles. The van der Waals surface area contributed by atoms with Crippen LogP contribution >= 0.6 is 24.0 Å². The second-order valence-corrected chi connectivity index (χ2v) is 7.71. The molecule has 2 rings (SSSR count). The van der Waals surface area contributed by atoms with Crippen LogP contribution in [0.3, 0.4) is 0 Å². The van der Waals surface area contributed by atoms with Crippen molar-refractivity contribution in [2.24, 2.45) is 29.4 Å². The van der Waals surface area contributed by atoms with Crippen LogP contribution < -0.4 is 11.1 Å². The number of amides is 1. The van der Waals surface area contributed by atoms with Crippen molar-refractivity contribution in [3.05, 3.63) is 34.9 Å². The van der Waals surface area contributed by atoms with Gasteiger partial charge in [-0.2, -0.15) is 0 Å². The molecule has 1 aliphatic rings. The fourth-order valence-corrected chi connectivity index (χ4v) is 4.01. The Balaban J connectivity index is 0.00000288. The summed E-state index contributed by atoms with van der Waals surface area (Å²) in [6.07, 6.45) is 3.36. The third-order valence-electron chi connectivity index (χ3n) is 5.16. The predicted octanol–water partition coefficient (Wildman–Crippen LogP) is 4.59. The summed E-state index contributed by atoms with van der Waals surface area (Å²) in [5, 5.41) is 3.71. The molecule has 1 fully saturated rings. The number of hydrogen-bond donors (Lipinski definition) is 2. The van der Waals surface area contributed by atoms with Crippen LogP contribution in [0.25, 0.3) is 0 Å². The lowest BCUT2D eigenvalue weighted by Crippen LogP contribution is -2.42. The number of carbonyl (C=O) groups is 1. The number of nitrogens with one attached hydrogen (secondary N) is 1. The van der Waals surface area contributed by atoms with Gasteiger partial charge in [0.15, 0.2) is 0 Å². The monoisotopic (exact) mass is 372 g/mol. The number of nitrogens with two attached hydrogens (primary N) is 1. The second kappa shape index (κ2) is 9.65. The van der Waals surface area contributed by atoms with Crippen molar-refractivity contribution in [3.63, 3.8) is 0 Å². The van der Waals surface area contributed by atoms with Crippen molar-refractivity contribution in [1.82, 2.24) is 5.32 Å². The van der Waals surface area contributed by atoms with Crippen molar-refractivity contribution in [1.29, 1.82) is 0 Å². The van der Waals surface area contributed by atoms with Gasteiger partial charge in [-0.05, 0) is 42.2 Å². The van der Waals surface area contributed by atoms with Gasteiger partial charge in [-0.15, -0.1) is 12.4 Å². The van der Waals surface area contributed by atoms with E-state index in [-0.39, 0.29) is 30.3 Å². The molecule has 5 heteroatoms. The fourth-order valence-electron chi connectivity index (χ4n) is 3.73. The maximum absolute atomic E-state index is 12.7. The Kier molecular flexibility index (Phi) is 8.55. The summed E-state index contributed by atoms with van der Waals surface area (Å²) in [5.74, 6) is 1.89. The van der Waals surface area contributed by atoms with Crippen molar-refractivity contribution in [2.75, 3.05) is 6.54 Å². The van der Waals surface area contributed by atoms with E-state index >= 15 is 0 Å². The molecule has 1 aliphatic carbocycles. The molecule has 1 unspecified atom stereocenters. The summed E-state index contributed by atoms with van der Waals surface area (Å²) in [6, 6.07) is 7.27. The van der Waals surface area contributed by atoms with Gasteiger partial charge < -0.3 is 11.1 Å². The SMILES string of the molecule is CC(C)[C@@H]1CC[C@@H](C)C[C@H]1C(=O)NCC(N)c1ccccc1Cl.Cl. The summed E-state index contributed by atoms with van der Waals surface area (Å²) in [6.45, 7) is 7.11. The molecule has 0 saturated heterocycles. The highest BCUT2D eigenvalue weighted by atomic mass is 35.5. The molecule has 0 spiro atoms. The minimum atomic E-state index is -0.272. The van der Waals surface area contributed by atoms with E-state index in [1.165, 1.54) is 6.42 Å². The molecule has 0 bridgehead atoms. The molecular weight excluding hydrogens is 343 g/mol. The fraction of sp³-hybridized carbons (Fsp3) is 0.632. The van der Waals surface area contributed by atoms with Crippen LogP contribution in [0.5, 0.6) is 0 Å². The van der Waals surface area contributed by atoms with Gasteiger partial charge >= 0.3 is 0 Å². The lowest BCUT2D eigenvalue weighted by Gasteiger charge is -2.36. The molecule has 1 aromatic carbocycles. The molecule has 4 atom stereocenters. The average Bonchev–Trinajstić information content (AvgIpc) is 2.52. The van der Waals surface area contributed by atoms with Crippen molar-refractivity contribution in [3.8, 4) is 0 Å². The van der Waals surface area contributed by atoms with Gasteiger partial charge in [0.25, 0.3) is 0 Å². The molecule has 0 radical (unpaired) electrons. The summed E-state index contributed by atoms with van der Waals surface area (Å²) in [7, 11) is 0. The zero-order chi connectivity index (χ0) is 17.0. The standard InChI is InChI=1S/C19H29ClN2O.ClH/c1-12(2)14-9-8-13(3)10-16(14)19(23)22-11-18(21)15-6-4-5-7-17(15)20;/h4-7,12-14,16,18H,8-11,21H2,1-3H3,(H,22,23);1H/t13-,14+,16-,18?;/m1./s1. The van der Waals surface area contributed by atoms with Crippen LogP contribution in [0.15, 0.2) is 24.3 Å². The van der Waals surface area contributed by atoms with Crippen LogP contribution in [-0.2, 0) is 4.79 Å². The molecule has 136 valence electrons. The molecule has 0 heterocycles. The first-order valence-electron chi connectivity index (χ1n) is 8.67.